The van der Waals surface area contributed by atoms with Gasteiger partial charge in [-0.1, -0.05) is 11.6 Å². The van der Waals surface area contributed by atoms with Gasteiger partial charge in [-0.25, -0.2) is 19.4 Å². The molecule has 0 aliphatic heterocycles. The first-order valence-corrected chi connectivity index (χ1v) is 10.1. The number of carbonyl (C=O) groups excluding carboxylic acids is 1. The molecule has 0 fully saturated rings. The van der Waals surface area contributed by atoms with Crippen LogP contribution in [0.1, 0.15) is 6.92 Å². The first-order chi connectivity index (χ1) is 14.0. The normalized spacial score (nSPS) is 12.0. The van der Waals surface area contributed by atoms with Gasteiger partial charge in [0.1, 0.15) is 10.7 Å². The molecule has 3 heterocycles. The van der Waals surface area contributed by atoms with Crippen molar-refractivity contribution in [2.45, 2.75) is 17.9 Å². The molecule has 7 nitrogen and oxygen atoms in total. The van der Waals surface area contributed by atoms with E-state index in [4.69, 9.17) is 32.7 Å². The van der Waals surface area contributed by atoms with Crippen molar-refractivity contribution in [1.29, 1.82) is 0 Å². The van der Waals surface area contributed by atoms with E-state index in [1.54, 1.807) is 12.3 Å². The monoisotopic (exact) mass is 456 g/mol. The lowest BCUT2D eigenvalue weighted by Crippen LogP contribution is -2.24. The Kier molecular flexibility index (Phi) is 7.07. The highest BCUT2D eigenvalue weighted by molar-refractivity contribution is 8.00. The van der Waals surface area contributed by atoms with Gasteiger partial charge in [0.15, 0.2) is 11.9 Å². The minimum atomic E-state index is -0.815. The van der Waals surface area contributed by atoms with Crippen LogP contribution < -0.4 is 4.74 Å². The number of alkyl halides is 1. The molecule has 152 valence electrons. The van der Waals surface area contributed by atoms with Crippen LogP contribution in [0.2, 0.25) is 5.02 Å². The zero-order valence-electron chi connectivity index (χ0n) is 15.3. The summed E-state index contributed by atoms with van der Waals surface area (Å²) < 4.78 is 25.0. The van der Waals surface area contributed by atoms with E-state index in [2.05, 4.69) is 15.1 Å². The zero-order chi connectivity index (χ0) is 21.0. The van der Waals surface area contributed by atoms with Gasteiger partial charge in [0.25, 0.3) is 5.88 Å². The Morgan fingerprint density at radius 2 is 2.14 bits per heavy atom. The lowest BCUT2D eigenvalue weighted by atomic mass is 10.2. The molecule has 3 aromatic heterocycles. The van der Waals surface area contributed by atoms with E-state index in [9.17, 15) is 9.18 Å². The Labute approximate surface area is 180 Å². The first-order valence-electron chi connectivity index (χ1n) is 8.25. The molecule has 0 saturated heterocycles. The van der Waals surface area contributed by atoms with Crippen molar-refractivity contribution in [3.8, 4) is 23.0 Å². The number of esters is 1. The number of hydrogen-bond acceptors (Lipinski definition) is 7. The summed E-state index contributed by atoms with van der Waals surface area (Å²) in [5.74, 6) is -1.03. The summed E-state index contributed by atoms with van der Waals surface area (Å²) in [5.41, 5.74) is 0.792. The van der Waals surface area contributed by atoms with Gasteiger partial charge in [0.2, 0.25) is 5.95 Å². The second kappa shape index (κ2) is 9.53. The molecule has 0 N–H and O–H groups in total. The van der Waals surface area contributed by atoms with Crippen molar-refractivity contribution in [1.82, 2.24) is 19.7 Å². The highest BCUT2D eigenvalue weighted by Crippen LogP contribution is 2.38. The van der Waals surface area contributed by atoms with Gasteiger partial charge in [-0.05, 0) is 31.2 Å². The molecule has 3 aromatic rings. The van der Waals surface area contributed by atoms with Gasteiger partial charge in [0, 0.05) is 25.1 Å². The molecule has 0 aromatic carbocycles. The van der Waals surface area contributed by atoms with Gasteiger partial charge in [-0.15, -0.1) is 28.5 Å². The number of nitrogens with zero attached hydrogens (tertiary/aromatic N) is 4. The first kappa shape index (κ1) is 21.5. The van der Waals surface area contributed by atoms with Crippen molar-refractivity contribution in [2.24, 2.45) is 0 Å². The molecule has 0 aliphatic carbocycles. The maximum absolute atomic E-state index is 13.3. The summed E-state index contributed by atoms with van der Waals surface area (Å²) in [7, 11) is 1.38. The molecule has 29 heavy (non-hydrogen) atoms. The summed E-state index contributed by atoms with van der Waals surface area (Å²) in [4.78, 5) is 20.9. The number of ether oxygens (including phenoxy) is 2. The molecule has 0 saturated carbocycles. The summed E-state index contributed by atoms with van der Waals surface area (Å²) in [6.07, 6.45) is 2.06. The fourth-order valence-corrected chi connectivity index (χ4v) is 3.53. The molecule has 0 radical (unpaired) electrons. The van der Waals surface area contributed by atoms with Crippen LogP contribution in [-0.4, -0.2) is 44.1 Å². The maximum Gasteiger partial charge on any atom is 0.341 e. The van der Waals surface area contributed by atoms with E-state index < -0.39 is 18.0 Å². The average Bonchev–Trinajstić information content (AvgIpc) is 3.04. The van der Waals surface area contributed by atoms with Crippen molar-refractivity contribution in [2.75, 3.05) is 12.3 Å². The van der Waals surface area contributed by atoms with Gasteiger partial charge < -0.3 is 9.47 Å². The largest absolute Gasteiger partial charge is 0.402 e. The molecule has 1 unspecified atom stereocenters. The second-order valence-electron chi connectivity index (χ2n) is 5.63. The van der Waals surface area contributed by atoms with Crippen LogP contribution in [0, 0.1) is 5.95 Å². The topological polar surface area (TPSA) is 79.1 Å². The number of rotatable bonds is 7. The number of methoxy groups -OCH3 is 1. The van der Waals surface area contributed by atoms with Crippen molar-refractivity contribution >= 4 is 40.9 Å². The third-order valence-corrected chi connectivity index (χ3v) is 5.25. The molecule has 0 aliphatic rings. The molecule has 11 heteroatoms. The minimum Gasteiger partial charge on any atom is -0.402 e. The van der Waals surface area contributed by atoms with Crippen molar-refractivity contribution in [3.05, 3.63) is 47.6 Å². The van der Waals surface area contributed by atoms with E-state index in [-0.39, 0.29) is 16.1 Å². The van der Waals surface area contributed by atoms with Crippen LogP contribution in [0.4, 0.5) is 4.39 Å². The Morgan fingerprint density at radius 1 is 1.34 bits per heavy atom. The summed E-state index contributed by atoms with van der Waals surface area (Å²) in [6, 6.07) is 6.25. The quantitative estimate of drug-likeness (QED) is 0.226. The average molecular weight is 457 g/mol. The standard InChI is InChI=1S/C18H15Cl2FN4O3S/c1-10(27-2)18(26)28-17-14(20)15(11-5-6-13(21)23-8-11)25(24-17)16-12(29-9-19)4-3-7-22-16/h3-8,10H,9H2,1-2H3. The summed E-state index contributed by atoms with van der Waals surface area (Å²) >= 11 is 13.7. The van der Waals surface area contributed by atoms with E-state index in [0.29, 0.717) is 17.1 Å². The smallest absolute Gasteiger partial charge is 0.341 e. The van der Waals surface area contributed by atoms with Crippen molar-refractivity contribution < 1.29 is 18.7 Å². The van der Waals surface area contributed by atoms with Gasteiger partial charge in [-0.2, -0.15) is 4.39 Å². The van der Waals surface area contributed by atoms with E-state index in [1.165, 1.54) is 48.8 Å². The predicted octanol–water partition coefficient (Wildman–Crippen LogP) is 4.35. The van der Waals surface area contributed by atoms with Crippen LogP contribution in [-0.2, 0) is 9.53 Å². The molecule has 0 amide bonds. The number of aromatic nitrogens is 4. The minimum absolute atomic E-state index is 0.0440. The number of halogens is 3. The Hall–Kier alpha value is -2.20. The van der Waals surface area contributed by atoms with Crippen LogP contribution in [0.3, 0.4) is 0 Å². The highest BCUT2D eigenvalue weighted by atomic mass is 35.5. The fraction of sp³-hybridized carbons (Fsp3) is 0.222. The zero-order valence-corrected chi connectivity index (χ0v) is 17.6. The van der Waals surface area contributed by atoms with Crippen LogP contribution >= 0.6 is 35.0 Å². The molecular weight excluding hydrogens is 442 g/mol. The van der Waals surface area contributed by atoms with Crippen LogP contribution in [0.25, 0.3) is 17.1 Å². The van der Waals surface area contributed by atoms with E-state index in [0.717, 1.165) is 4.90 Å². The van der Waals surface area contributed by atoms with E-state index >= 15 is 0 Å². The molecule has 0 spiro atoms. The Balaban J connectivity index is 2.17. The van der Waals surface area contributed by atoms with Gasteiger partial charge >= 0.3 is 5.97 Å². The lowest BCUT2D eigenvalue weighted by Gasteiger charge is -2.10. The lowest BCUT2D eigenvalue weighted by molar-refractivity contribution is -0.144. The molecular formula is C18H15Cl2FN4O3S. The molecule has 1 atom stereocenters. The predicted molar refractivity (Wildman–Crippen MR) is 108 cm³/mol. The van der Waals surface area contributed by atoms with Crippen LogP contribution in [0.15, 0.2) is 41.6 Å². The summed E-state index contributed by atoms with van der Waals surface area (Å²) in [5, 5.41) is 4.65. The van der Waals surface area contributed by atoms with Crippen LogP contribution in [0.5, 0.6) is 5.88 Å². The van der Waals surface area contributed by atoms with Crippen molar-refractivity contribution in [3.63, 3.8) is 0 Å². The Morgan fingerprint density at radius 3 is 2.79 bits per heavy atom. The SMILES string of the molecule is COC(C)C(=O)Oc1nn(-c2ncccc2SCCl)c(-c2ccc(F)nc2)c1Cl. The Bertz CT molecular complexity index is 1020. The maximum atomic E-state index is 13.3. The van der Waals surface area contributed by atoms with Gasteiger partial charge in [-0.3, -0.25) is 0 Å². The van der Waals surface area contributed by atoms with Gasteiger partial charge in [0.05, 0.1) is 10.1 Å². The number of thioether (sulfide) groups is 1. The summed E-state index contributed by atoms with van der Waals surface area (Å²) in [6.45, 7) is 1.53. The van der Waals surface area contributed by atoms with E-state index in [1.807, 2.05) is 6.07 Å². The molecule has 0 bridgehead atoms. The fourth-order valence-electron chi connectivity index (χ4n) is 2.35. The number of hydrogen-bond donors (Lipinski definition) is 0. The number of pyridine rings is 2. The highest BCUT2D eigenvalue weighted by Gasteiger charge is 2.26. The third-order valence-electron chi connectivity index (χ3n) is 3.84. The second-order valence-corrected chi connectivity index (χ2v) is 7.61. The third kappa shape index (κ3) is 4.69. The number of carbonyl (C=O) groups is 1. The molecule has 3 rings (SSSR count).